The molecule has 4 heterocycles. The maximum Gasteiger partial charge on any atom is 0.312 e. The summed E-state index contributed by atoms with van der Waals surface area (Å²) in [6.07, 6.45) is 2.61. The first-order valence-electron chi connectivity index (χ1n) is 11.0. The van der Waals surface area contributed by atoms with E-state index in [4.69, 9.17) is 21.3 Å². The summed E-state index contributed by atoms with van der Waals surface area (Å²) >= 11 is 6.50. The van der Waals surface area contributed by atoms with E-state index < -0.39 is 16.1 Å². The second kappa shape index (κ2) is 9.17. The first kappa shape index (κ1) is 23.6. The number of aromatic nitrogens is 5. The molecule has 0 amide bonds. The molecule has 5 rings (SSSR count). The third-order valence-electron chi connectivity index (χ3n) is 6.00. The van der Waals surface area contributed by atoms with Gasteiger partial charge >= 0.3 is 6.08 Å². The zero-order valence-electron chi connectivity index (χ0n) is 19.0. The number of nitrogens with zero attached hydrogens (tertiary/aromatic N) is 5. The van der Waals surface area contributed by atoms with E-state index in [1.807, 2.05) is 25.1 Å². The number of hydrogen-bond donors (Lipinski definition) is 2. The third kappa shape index (κ3) is 4.86. The van der Waals surface area contributed by atoms with Crippen LogP contribution in [0, 0.1) is 6.08 Å². The summed E-state index contributed by atoms with van der Waals surface area (Å²) in [6, 6.07) is 7.03. The SMILES string of the molecule is CC(Nc1nc(F)nc2nc[nH]c12)c1cc2cccc(Cl)c2c(OC2CCN(S(C)(=O)=O)CC2)n1. The lowest BCUT2D eigenvalue weighted by molar-refractivity contribution is 0.132. The summed E-state index contributed by atoms with van der Waals surface area (Å²) in [4.78, 5) is 19.2. The van der Waals surface area contributed by atoms with Gasteiger partial charge in [0, 0.05) is 13.1 Å². The van der Waals surface area contributed by atoms with E-state index in [1.165, 1.54) is 16.9 Å². The number of anilines is 1. The number of benzene rings is 1. The van der Waals surface area contributed by atoms with E-state index in [9.17, 15) is 12.8 Å². The summed E-state index contributed by atoms with van der Waals surface area (Å²) in [6.45, 7) is 2.63. The van der Waals surface area contributed by atoms with Crippen molar-refractivity contribution in [1.82, 2.24) is 29.2 Å². The van der Waals surface area contributed by atoms with Gasteiger partial charge in [-0.1, -0.05) is 23.7 Å². The Morgan fingerprint density at radius 1 is 1.26 bits per heavy atom. The topological polar surface area (TPSA) is 126 Å². The van der Waals surface area contributed by atoms with Gasteiger partial charge in [-0.05, 0) is 37.3 Å². The van der Waals surface area contributed by atoms with Gasteiger partial charge in [-0.3, -0.25) is 0 Å². The lowest BCUT2D eigenvalue weighted by Crippen LogP contribution is -2.41. The van der Waals surface area contributed by atoms with Crippen molar-refractivity contribution in [3.8, 4) is 5.88 Å². The highest BCUT2D eigenvalue weighted by Crippen LogP contribution is 2.35. The molecule has 4 aromatic rings. The van der Waals surface area contributed by atoms with Gasteiger partial charge < -0.3 is 15.0 Å². The van der Waals surface area contributed by atoms with Crippen LogP contribution in [0.5, 0.6) is 5.88 Å². The molecule has 0 radical (unpaired) electrons. The van der Waals surface area contributed by atoms with E-state index in [-0.39, 0.29) is 23.6 Å². The molecule has 1 aliphatic rings. The van der Waals surface area contributed by atoms with Crippen LogP contribution in [-0.2, 0) is 10.0 Å². The maximum absolute atomic E-state index is 13.9. The van der Waals surface area contributed by atoms with Crippen molar-refractivity contribution < 1.29 is 17.5 Å². The fraction of sp³-hybridized carbons (Fsp3) is 0.364. The number of aromatic amines is 1. The predicted octanol–water partition coefficient (Wildman–Crippen LogP) is 3.67. The van der Waals surface area contributed by atoms with Gasteiger partial charge in [0.05, 0.1) is 34.7 Å². The van der Waals surface area contributed by atoms with Crippen molar-refractivity contribution in [3.05, 3.63) is 47.4 Å². The van der Waals surface area contributed by atoms with Gasteiger partial charge in [-0.25, -0.2) is 22.7 Å². The van der Waals surface area contributed by atoms with Crippen molar-refractivity contribution in [3.63, 3.8) is 0 Å². The number of imidazole rings is 1. The number of nitrogens with one attached hydrogen (secondary N) is 2. The standard InChI is InChI=1S/C22H23ClFN7O3S/c1-12(27-20-18-19(26-11-25-18)29-22(24)30-20)16-10-13-4-3-5-15(23)17(13)21(28-16)34-14-6-8-31(9-7-14)35(2,32)33/h3-5,10-12,14H,6-9H2,1-2H3,(H2,25,26,27,29,30). The van der Waals surface area contributed by atoms with E-state index in [2.05, 4.69) is 25.3 Å². The fourth-order valence-corrected chi connectivity index (χ4v) is 5.32. The highest BCUT2D eigenvalue weighted by Gasteiger charge is 2.27. The molecule has 0 bridgehead atoms. The van der Waals surface area contributed by atoms with Gasteiger partial charge in [0.1, 0.15) is 11.6 Å². The van der Waals surface area contributed by atoms with E-state index in [0.717, 1.165) is 5.39 Å². The van der Waals surface area contributed by atoms with Gasteiger partial charge in [0.2, 0.25) is 15.9 Å². The number of ether oxygens (including phenoxy) is 1. The van der Waals surface area contributed by atoms with Crippen LogP contribution in [0.2, 0.25) is 5.02 Å². The molecule has 3 aromatic heterocycles. The largest absolute Gasteiger partial charge is 0.474 e. The van der Waals surface area contributed by atoms with Crippen LogP contribution >= 0.6 is 11.6 Å². The van der Waals surface area contributed by atoms with Crippen LogP contribution in [0.4, 0.5) is 10.2 Å². The van der Waals surface area contributed by atoms with Crippen molar-refractivity contribution in [2.45, 2.75) is 31.9 Å². The van der Waals surface area contributed by atoms with Crippen LogP contribution < -0.4 is 10.1 Å². The van der Waals surface area contributed by atoms with Crippen molar-refractivity contribution in [2.75, 3.05) is 24.7 Å². The maximum atomic E-state index is 13.9. The Bertz CT molecular complexity index is 1510. The Labute approximate surface area is 206 Å². The Balaban J connectivity index is 1.45. The van der Waals surface area contributed by atoms with E-state index in [0.29, 0.717) is 53.4 Å². The molecule has 2 N–H and O–H groups in total. The minimum atomic E-state index is -3.24. The molecule has 10 nitrogen and oxygen atoms in total. The zero-order chi connectivity index (χ0) is 24.7. The van der Waals surface area contributed by atoms with E-state index in [1.54, 1.807) is 6.07 Å². The second-order valence-electron chi connectivity index (χ2n) is 8.48. The molecular weight excluding hydrogens is 497 g/mol. The Morgan fingerprint density at radius 2 is 2.03 bits per heavy atom. The molecule has 35 heavy (non-hydrogen) atoms. The average molecular weight is 520 g/mol. The van der Waals surface area contributed by atoms with Gasteiger partial charge in [0.15, 0.2) is 11.5 Å². The number of pyridine rings is 1. The molecule has 0 aliphatic carbocycles. The quantitative estimate of drug-likeness (QED) is 0.369. The molecular formula is C22H23ClFN7O3S. The lowest BCUT2D eigenvalue weighted by Gasteiger charge is -2.30. The monoisotopic (exact) mass is 519 g/mol. The molecule has 1 aliphatic heterocycles. The summed E-state index contributed by atoms with van der Waals surface area (Å²) in [5, 5.41) is 5.19. The fourth-order valence-electron chi connectivity index (χ4n) is 4.19. The molecule has 1 unspecified atom stereocenters. The van der Waals surface area contributed by atoms with Crippen LogP contribution in [-0.4, -0.2) is 63.1 Å². The van der Waals surface area contributed by atoms with Crippen molar-refractivity contribution >= 4 is 49.4 Å². The normalized spacial score (nSPS) is 16.6. The van der Waals surface area contributed by atoms with Crippen molar-refractivity contribution in [1.29, 1.82) is 0 Å². The Hall–Kier alpha value is -3.09. The summed E-state index contributed by atoms with van der Waals surface area (Å²) in [5.41, 5.74) is 1.33. The smallest absolute Gasteiger partial charge is 0.312 e. The molecule has 13 heteroatoms. The molecule has 1 fully saturated rings. The lowest BCUT2D eigenvalue weighted by atomic mass is 10.1. The van der Waals surface area contributed by atoms with Crippen LogP contribution in [0.1, 0.15) is 31.5 Å². The number of halogens is 2. The first-order valence-corrected chi connectivity index (χ1v) is 13.3. The van der Waals surface area contributed by atoms with Crippen LogP contribution in [0.15, 0.2) is 30.6 Å². The number of fused-ring (bicyclic) bond motifs is 2. The van der Waals surface area contributed by atoms with Crippen molar-refractivity contribution in [2.24, 2.45) is 0 Å². The highest BCUT2D eigenvalue weighted by molar-refractivity contribution is 7.88. The number of sulfonamides is 1. The summed E-state index contributed by atoms with van der Waals surface area (Å²) in [5.74, 6) is 0.635. The summed E-state index contributed by atoms with van der Waals surface area (Å²) < 4.78 is 45.3. The number of piperidine rings is 1. The minimum absolute atomic E-state index is 0.209. The van der Waals surface area contributed by atoms with Gasteiger partial charge in [-0.2, -0.15) is 14.4 Å². The van der Waals surface area contributed by atoms with Crippen LogP contribution in [0.3, 0.4) is 0 Å². The first-order chi connectivity index (χ1) is 16.7. The third-order valence-corrected chi connectivity index (χ3v) is 7.62. The highest BCUT2D eigenvalue weighted by atomic mass is 35.5. The van der Waals surface area contributed by atoms with Gasteiger partial charge in [0.25, 0.3) is 0 Å². The zero-order valence-corrected chi connectivity index (χ0v) is 20.6. The molecule has 184 valence electrons. The van der Waals surface area contributed by atoms with Gasteiger partial charge in [-0.15, -0.1) is 0 Å². The number of hydrogen-bond acceptors (Lipinski definition) is 8. The minimum Gasteiger partial charge on any atom is -0.474 e. The molecule has 1 atom stereocenters. The number of rotatable bonds is 6. The molecule has 0 saturated carbocycles. The Kier molecular flexibility index (Phi) is 6.20. The molecule has 1 aromatic carbocycles. The second-order valence-corrected chi connectivity index (χ2v) is 10.9. The number of H-pyrrole nitrogens is 1. The molecule has 0 spiro atoms. The Morgan fingerprint density at radius 3 is 2.77 bits per heavy atom. The summed E-state index contributed by atoms with van der Waals surface area (Å²) in [7, 11) is -3.24. The molecule has 1 saturated heterocycles. The predicted molar refractivity (Wildman–Crippen MR) is 130 cm³/mol. The average Bonchev–Trinajstić information content (AvgIpc) is 3.27. The van der Waals surface area contributed by atoms with Crippen LogP contribution in [0.25, 0.3) is 21.9 Å². The van der Waals surface area contributed by atoms with E-state index >= 15 is 0 Å².